The third kappa shape index (κ3) is 3.85. The van der Waals surface area contributed by atoms with Crippen molar-refractivity contribution >= 4 is 0 Å². The molecule has 6 rings (SSSR count). The summed E-state index contributed by atoms with van der Waals surface area (Å²) in [6.45, 7) is 1.61. The molecular weight excluding hydrogens is 336 g/mol. The Hall–Kier alpha value is -0.360. The second-order valence-corrected chi connectivity index (χ2v) is 7.03. The average molecular weight is 364 g/mol. The highest BCUT2D eigenvalue weighted by atomic mass is 16.7. The van der Waals surface area contributed by atoms with Crippen LogP contribution in [0.3, 0.4) is 0 Å². The van der Waals surface area contributed by atoms with Crippen molar-refractivity contribution in [2.45, 2.75) is 81.5 Å². The lowest BCUT2D eigenvalue weighted by molar-refractivity contribution is -0.355. The van der Waals surface area contributed by atoms with Crippen LogP contribution >= 0.6 is 0 Å². The summed E-state index contributed by atoms with van der Waals surface area (Å²) < 4.78 is 22.4. The Kier molecular flexibility index (Phi) is 6.30. The summed E-state index contributed by atoms with van der Waals surface area (Å²) in [5.74, 6) is -0.240. The van der Waals surface area contributed by atoms with Crippen LogP contribution in [0.5, 0.6) is 0 Å². The third-order valence-corrected chi connectivity index (χ3v) is 5.34. The van der Waals surface area contributed by atoms with Gasteiger partial charge in [-0.1, -0.05) is 6.42 Å². The molecule has 10 atom stereocenters. The van der Waals surface area contributed by atoms with Gasteiger partial charge in [-0.05, 0) is 19.8 Å². The first-order valence-electron chi connectivity index (χ1n) is 8.85. The van der Waals surface area contributed by atoms with Crippen molar-refractivity contribution < 1.29 is 44.5 Å². The van der Waals surface area contributed by atoms with E-state index < -0.39 is 55.8 Å². The molecule has 6 fully saturated rings. The van der Waals surface area contributed by atoms with Gasteiger partial charge in [0.25, 0.3) is 0 Å². The van der Waals surface area contributed by atoms with E-state index >= 15 is 0 Å². The van der Waals surface area contributed by atoms with E-state index in [9.17, 15) is 25.5 Å². The number of aliphatic hydroxyl groups excluding tert-OH is 5. The Morgan fingerprint density at radius 2 is 1.56 bits per heavy atom. The zero-order valence-corrected chi connectivity index (χ0v) is 14.2. The normalized spacial score (nSPS) is 52.1. The minimum absolute atomic E-state index is 0.240. The molecule has 0 spiro atoms. The van der Waals surface area contributed by atoms with Crippen molar-refractivity contribution in [3.8, 4) is 0 Å². The van der Waals surface area contributed by atoms with Crippen LogP contribution in [0.2, 0.25) is 0 Å². The molecule has 6 saturated heterocycles. The molecule has 9 heteroatoms. The van der Waals surface area contributed by atoms with E-state index in [-0.39, 0.29) is 12.0 Å². The molecule has 25 heavy (non-hydrogen) atoms. The SMILES string of the molecule is CC1O[C@H]2OC3C(CO)O[C@@H](OCCCCC1C(O)C2O)C(O)C3O. The van der Waals surface area contributed by atoms with Crippen molar-refractivity contribution in [2.24, 2.45) is 5.92 Å². The van der Waals surface area contributed by atoms with Gasteiger partial charge in [-0.3, -0.25) is 0 Å². The van der Waals surface area contributed by atoms with Crippen LogP contribution < -0.4 is 0 Å². The van der Waals surface area contributed by atoms with Crippen LogP contribution in [0.1, 0.15) is 26.2 Å². The number of ether oxygens (including phenoxy) is 4. The smallest absolute Gasteiger partial charge is 0.186 e. The van der Waals surface area contributed by atoms with Crippen molar-refractivity contribution in [1.82, 2.24) is 0 Å². The van der Waals surface area contributed by atoms with Crippen LogP contribution in [0.15, 0.2) is 0 Å². The predicted molar refractivity (Wildman–Crippen MR) is 82.3 cm³/mol. The fourth-order valence-electron chi connectivity index (χ4n) is 3.80. The monoisotopic (exact) mass is 364 g/mol. The summed E-state index contributed by atoms with van der Waals surface area (Å²) in [5, 5.41) is 50.9. The Balaban J connectivity index is 1.85. The number of rotatable bonds is 1. The van der Waals surface area contributed by atoms with Gasteiger partial charge in [-0.25, -0.2) is 0 Å². The minimum Gasteiger partial charge on any atom is -0.394 e. The lowest BCUT2D eigenvalue weighted by Crippen LogP contribution is -2.63. The van der Waals surface area contributed by atoms with Gasteiger partial charge in [0.15, 0.2) is 12.6 Å². The van der Waals surface area contributed by atoms with Gasteiger partial charge in [-0.15, -0.1) is 0 Å². The molecule has 0 saturated carbocycles. The lowest BCUT2D eigenvalue weighted by Gasteiger charge is -2.47. The van der Waals surface area contributed by atoms with E-state index in [0.29, 0.717) is 19.4 Å². The maximum atomic E-state index is 10.4. The van der Waals surface area contributed by atoms with Gasteiger partial charge in [0.2, 0.25) is 0 Å². The van der Waals surface area contributed by atoms with Crippen molar-refractivity contribution in [1.29, 1.82) is 0 Å². The van der Waals surface area contributed by atoms with E-state index in [0.717, 1.165) is 6.42 Å². The fourth-order valence-corrected chi connectivity index (χ4v) is 3.80. The molecule has 146 valence electrons. The molecule has 0 aromatic rings. The average Bonchev–Trinajstić information content (AvgIpc) is 2.59. The first-order valence-corrected chi connectivity index (χ1v) is 8.85. The zero-order chi connectivity index (χ0) is 18.1. The second-order valence-electron chi connectivity index (χ2n) is 7.03. The van der Waals surface area contributed by atoms with Crippen LogP contribution in [-0.2, 0) is 18.9 Å². The van der Waals surface area contributed by atoms with E-state index in [1.807, 2.05) is 0 Å². The highest BCUT2D eigenvalue weighted by Crippen LogP contribution is 2.34. The van der Waals surface area contributed by atoms with E-state index in [2.05, 4.69) is 0 Å². The van der Waals surface area contributed by atoms with Gasteiger partial charge >= 0.3 is 0 Å². The molecule has 6 heterocycles. The molecule has 0 aromatic carbocycles. The summed E-state index contributed by atoms with van der Waals surface area (Å²) in [6, 6.07) is 0. The Bertz CT molecular complexity index is 434. The minimum atomic E-state index is -1.40. The second kappa shape index (κ2) is 8.12. The first-order chi connectivity index (χ1) is 11.9. The molecule has 6 aliphatic rings. The largest absolute Gasteiger partial charge is 0.394 e. The zero-order valence-electron chi connectivity index (χ0n) is 14.2. The van der Waals surface area contributed by atoms with Crippen molar-refractivity contribution in [3.63, 3.8) is 0 Å². The Labute approximate surface area is 146 Å². The molecule has 5 N–H and O–H groups in total. The molecule has 4 bridgehead atoms. The molecule has 0 amide bonds. The standard InChI is InChI=1S/C16H28O9/c1-7-8-4-2-3-5-22-15-13(21)11(19)14(9(6-17)24-15)25-16(23-7)12(20)10(8)18/h7-21H,2-6H2,1H3/t7?,8?,9?,10?,11?,12?,13?,14?,15-,16+/m1/s1. The Morgan fingerprint density at radius 1 is 0.840 bits per heavy atom. The quantitative estimate of drug-likeness (QED) is 0.361. The molecule has 0 radical (unpaired) electrons. The van der Waals surface area contributed by atoms with Gasteiger partial charge in [0.05, 0.1) is 18.8 Å². The molecule has 0 aliphatic carbocycles. The van der Waals surface area contributed by atoms with Crippen LogP contribution in [0.4, 0.5) is 0 Å². The fraction of sp³-hybridized carbons (Fsp3) is 1.00. The van der Waals surface area contributed by atoms with Gasteiger partial charge in [-0.2, -0.15) is 0 Å². The van der Waals surface area contributed by atoms with Crippen molar-refractivity contribution in [2.75, 3.05) is 13.2 Å². The molecular formula is C16H28O9. The maximum absolute atomic E-state index is 10.4. The maximum Gasteiger partial charge on any atom is 0.186 e. The third-order valence-electron chi connectivity index (χ3n) is 5.34. The van der Waals surface area contributed by atoms with E-state index in [1.165, 1.54) is 0 Å². The van der Waals surface area contributed by atoms with Crippen molar-refractivity contribution in [3.05, 3.63) is 0 Å². The van der Waals surface area contributed by atoms with Crippen LogP contribution in [0.25, 0.3) is 0 Å². The van der Waals surface area contributed by atoms with Gasteiger partial charge < -0.3 is 44.5 Å². The summed E-state index contributed by atoms with van der Waals surface area (Å²) in [7, 11) is 0. The topological polar surface area (TPSA) is 138 Å². The number of hydrogen-bond acceptors (Lipinski definition) is 9. The molecule has 0 aromatic heterocycles. The number of hydrogen-bond donors (Lipinski definition) is 5. The summed E-state index contributed by atoms with van der Waals surface area (Å²) >= 11 is 0. The van der Waals surface area contributed by atoms with E-state index in [1.54, 1.807) is 6.92 Å². The molecule has 9 nitrogen and oxygen atoms in total. The molecule has 8 unspecified atom stereocenters. The lowest BCUT2D eigenvalue weighted by atomic mass is 9.85. The van der Waals surface area contributed by atoms with Gasteiger partial charge in [0, 0.05) is 12.5 Å². The van der Waals surface area contributed by atoms with Crippen LogP contribution in [0, 0.1) is 5.92 Å². The summed E-state index contributed by atoms with van der Waals surface area (Å²) in [4.78, 5) is 0. The summed E-state index contributed by atoms with van der Waals surface area (Å²) in [6.07, 6.45) is -7.82. The van der Waals surface area contributed by atoms with E-state index in [4.69, 9.17) is 18.9 Å². The predicted octanol–water partition coefficient (Wildman–Crippen LogP) is -1.91. The first kappa shape index (κ1) is 19.4. The Morgan fingerprint density at radius 3 is 2.28 bits per heavy atom. The van der Waals surface area contributed by atoms with Gasteiger partial charge in [0.1, 0.15) is 30.5 Å². The van der Waals surface area contributed by atoms with Crippen LogP contribution in [-0.4, -0.2) is 94.1 Å². The highest BCUT2D eigenvalue weighted by molar-refractivity contribution is 4.93. The number of aliphatic hydroxyl groups is 5. The summed E-state index contributed by atoms with van der Waals surface area (Å²) in [5.41, 5.74) is 0. The molecule has 6 aliphatic heterocycles. The highest BCUT2D eigenvalue weighted by Gasteiger charge is 2.50.